The molecule has 3 aromatic rings. The first-order valence-corrected chi connectivity index (χ1v) is 9.20. The zero-order chi connectivity index (χ0) is 17.8. The summed E-state index contributed by atoms with van der Waals surface area (Å²) in [4.78, 5) is 16.0. The molecule has 1 aliphatic heterocycles. The van der Waals surface area contributed by atoms with Gasteiger partial charge in [0.15, 0.2) is 0 Å². The zero-order valence-electron chi connectivity index (χ0n) is 15.4. The molecule has 3 heterocycles. The molecule has 2 aromatic heterocycles. The number of nitrogens with one attached hydrogen (secondary N) is 2. The van der Waals surface area contributed by atoms with Crippen LogP contribution >= 0.6 is 17.0 Å². The largest absolute Gasteiger partial charge is 0.354 e. The minimum Gasteiger partial charge on any atom is -0.354 e. The second-order valence-corrected chi connectivity index (χ2v) is 6.51. The van der Waals surface area contributed by atoms with Gasteiger partial charge in [0.2, 0.25) is 0 Å². The average molecular weight is 429 g/mol. The van der Waals surface area contributed by atoms with Crippen molar-refractivity contribution in [2.24, 2.45) is 0 Å². The van der Waals surface area contributed by atoms with Crippen LogP contribution in [0.4, 0.5) is 5.82 Å². The van der Waals surface area contributed by atoms with E-state index in [2.05, 4.69) is 61.7 Å². The first-order valence-electron chi connectivity index (χ1n) is 9.20. The van der Waals surface area contributed by atoms with Crippen LogP contribution in [0.3, 0.4) is 0 Å². The Balaban J connectivity index is 0.00000210. The molecule has 2 unspecified atom stereocenters. The molecule has 0 radical (unpaired) electrons. The van der Waals surface area contributed by atoms with Crippen LogP contribution in [0.1, 0.15) is 25.2 Å². The quantitative estimate of drug-likeness (QED) is 0.648. The van der Waals surface area contributed by atoms with E-state index < -0.39 is 0 Å². The molecular formula is C20H25BrN6. The van der Waals surface area contributed by atoms with Gasteiger partial charge in [-0.05, 0) is 23.9 Å². The fourth-order valence-electron chi connectivity index (χ4n) is 3.63. The molecule has 0 amide bonds. The number of aromatic nitrogens is 3. The van der Waals surface area contributed by atoms with Gasteiger partial charge in [-0.2, -0.15) is 0 Å². The molecular weight excluding hydrogens is 404 g/mol. The van der Waals surface area contributed by atoms with Crippen molar-refractivity contribution in [2.45, 2.75) is 25.6 Å². The number of rotatable bonds is 5. The highest BCUT2D eigenvalue weighted by molar-refractivity contribution is 8.93. The van der Waals surface area contributed by atoms with Gasteiger partial charge in [0.25, 0.3) is 0 Å². The minimum absolute atomic E-state index is 0. The predicted octanol–water partition coefficient (Wildman–Crippen LogP) is 3.40. The topological polar surface area (TPSA) is 66.0 Å². The summed E-state index contributed by atoms with van der Waals surface area (Å²) in [5.41, 5.74) is 0. The number of benzene rings is 1. The van der Waals surface area contributed by atoms with Gasteiger partial charge in [-0.15, -0.1) is 17.0 Å². The number of hydrogen-bond donors (Lipinski definition) is 2. The molecule has 1 aliphatic rings. The summed E-state index contributed by atoms with van der Waals surface area (Å²) < 4.78 is 0. The highest BCUT2D eigenvalue weighted by Gasteiger charge is 2.31. The Bertz CT molecular complexity index is 854. The van der Waals surface area contributed by atoms with E-state index >= 15 is 0 Å². The normalized spacial score (nSPS) is 18.6. The number of fused-ring (bicyclic) bond motifs is 1. The summed E-state index contributed by atoms with van der Waals surface area (Å²) in [6.45, 7) is 4.96. The maximum Gasteiger partial charge on any atom is 0.146 e. The second-order valence-electron chi connectivity index (χ2n) is 6.51. The third-order valence-electron chi connectivity index (χ3n) is 4.93. The highest BCUT2D eigenvalue weighted by atomic mass is 79.9. The Morgan fingerprint density at radius 3 is 2.74 bits per heavy atom. The SMILES string of the molecule is Br.CCC(Nc1nccc2ccccc12)N1CCNCC1c1ncccn1. The molecule has 1 fully saturated rings. The first-order chi connectivity index (χ1) is 12.9. The molecule has 2 atom stereocenters. The van der Waals surface area contributed by atoms with Crippen molar-refractivity contribution in [3.8, 4) is 0 Å². The Hall–Kier alpha value is -2.09. The van der Waals surface area contributed by atoms with Crippen molar-refractivity contribution < 1.29 is 0 Å². The number of piperazine rings is 1. The smallest absolute Gasteiger partial charge is 0.146 e. The van der Waals surface area contributed by atoms with Gasteiger partial charge in [-0.3, -0.25) is 4.90 Å². The molecule has 0 bridgehead atoms. The van der Waals surface area contributed by atoms with Crippen LogP contribution in [0.5, 0.6) is 0 Å². The third-order valence-corrected chi connectivity index (χ3v) is 4.93. The van der Waals surface area contributed by atoms with Crippen molar-refractivity contribution >= 4 is 33.6 Å². The van der Waals surface area contributed by atoms with Crippen LogP contribution in [0, 0.1) is 0 Å². The lowest BCUT2D eigenvalue weighted by Gasteiger charge is -2.40. The summed E-state index contributed by atoms with van der Waals surface area (Å²) in [7, 11) is 0. The molecule has 2 N–H and O–H groups in total. The summed E-state index contributed by atoms with van der Waals surface area (Å²) in [6.07, 6.45) is 6.64. The predicted molar refractivity (Wildman–Crippen MR) is 114 cm³/mol. The average Bonchev–Trinajstić information content (AvgIpc) is 2.73. The summed E-state index contributed by atoms with van der Waals surface area (Å²) in [5.74, 6) is 1.80. The lowest BCUT2D eigenvalue weighted by Crippen LogP contribution is -2.53. The fraction of sp³-hybridized carbons (Fsp3) is 0.350. The summed E-state index contributed by atoms with van der Waals surface area (Å²) >= 11 is 0. The zero-order valence-corrected chi connectivity index (χ0v) is 17.1. The molecule has 7 heteroatoms. The molecule has 0 saturated carbocycles. The maximum absolute atomic E-state index is 4.60. The van der Waals surface area contributed by atoms with E-state index in [1.165, 1.54) is 5.39 Å². The van der Waals surface area contributed by atoms with Gasteiger partial charge in [-0.1, -0.05) is 31.2 Å². The van der Waals surface area contributed by atoms with Crippen LogP contribution in [0.15, 0.2) is 55.0 Å². The Morgan fingerprint density at radius 1 is 1.11 bits per heavy atom. The third kappa shape index (κ3) is 4.26. The lowest BCUT2D eigenvalue weighted by atomic mass is 10.1. The molecule has 4 rings (SSSR count). The number of halogens is 1. The van der Waals surface area contributed by atoms with Crippen LogP contribution in [0.25, 0.3) is 10.8 Å². The van der Waals surface area contributed by atoms with Crippen LogP contribution < -0.4 is 10.6 Å². The van der Waals surface area contributed by atoms with Gasteiger partial charge in [-0.25, -0.2) is 15.0 Å². The van der Waals surface area contributed by atoms with Gasteiger partial charge in [0, 0.05) is 43.6 Å². The Kier molecular flexibility index (Phi) is 6.71. The van der Waals surface area contributed by atoms with E-state index in [0.29, 0.717) is 0 Å². The van der Waals surface area contributed by atoms with Gasteiger partial charge in [0.1, 0.15) is 11.6 Å². The number of pyridine rings is 1. The van der Waals surface area contributed by atoms with Crippen molar-refractivity contribution in [1.29, 1.82) is 0 Å². The minimum atomic E-state index is 0. The van der Waals surface area contributed by atoms with E-state index in [0.717, 1.165) is 43.1 Å². The molecule has 0 aliphatic carbocycles. The molecule has 1 saturated heterocycles. The molecule has 142 valence electrons. The van der Waals surface area contributed by atoms with E-state index in [9.17, 15) is 0 Å². The maximum atomic E-state index is 4.60. The number of hydrogen-bond acceptors (Lipinski definition) is 6. The standard InChI is InChI=1S/C20H24N6.BrH/c1-2-18(25-19-16-7-4-3-6-15(16)8-11-24-19)26-13-12-21-14-17(26)20-22-9-5-10-23-20;/h3-11,17-18,21H,2,12-14H2,1H3,(H,24,25);1H. The molecule has 0 spiro atoms. The van der Waals surface area contributed by atoms with E-state index in [1.807, 2.05) is 30.7 Å². The first kappa shape index (κ1) is 19.7. The Morgan fingerprint density at radius 2 is 1.93 bits per heavy atom. The van der Waals surface area contributed by atoms with Crippen LogP contribution in [-0.4, -0.2) is 45.7 Å². The van der Waals surface area contributed by atoms with Crippen molar-refractivity contribution in [3.05, 3.63) is 60.8 Å². The van der Waals surface area contributed by atoms with E-state index in [4.69, 9.17) is 0 Å². The molecule has 27 heavy (non-hydrogen) atoms. The highest BCUT2D eigenvalue weighted by Crippen LogP contribution is 2.26. The van der Waals surface area contributed by atoms with Crippen LogP contribution in [-0.2, 0) is 0 Å². The van der Waals surface area contributed by atoms with Crippen molar-refractivity contribution in [2.75, 3.05) is 25.0 Å². The lowest BCUT2D eigenvalue weighted by molar-refractivity contribution is 0.111. The van der Waals surface area contributed by atoms with Crippen molar-refractivity contribution in [1.82, 2.24) is 25.2 Å². The van der Waals surface area contributed by atoms with Crippen molar-refractivity contribution in [3.63, 3.8) is 0 Å². The summed E-state index contributed by atoms with van der Waals surface area (Å²) in [5, 5.41) is 9.49. The summed E-state index contributed by atoms with van der Waals surface area (Å²) in [6, 6.07) is 12.4. The monoisotopic (exact) mass is 428 g/mol. The van der Waals surface area contributed by atoms with Crippen LogP contribution in [0.2, 0.25) is 0 Å². The second kappa shape index (κ2) is 9.21. The molecule has 6 nitrogen and oxygen atoms in total. The van der Waals surface area contributed by atoms with Gasteiger partial charge in [0.05, 0.1) is 12.2 Å². The molecule has 1 aromatic carbocycles. The fourth-order valence-corrected chi connectivity index (χ4v) is 3.63. The van der Waals surface area contributed by atoms with Gasteiger partial charge < -0.3 is 10.6 Å². The number of anilines is 1. The van der Waals surface area contributed by atoms with E-state index in [1.54, 1.807) is 0 Å². The number of nitrogens with zero attached hydrogens (tertiary/aromatic N) is 4. The van der Waals surface area contributed by atoms with E-state index in [-0.39, 0.29) is 29.2 Å². The Labute approximate surface area is 170 Å². The van der Waals surface area contributed by atoms with Gasteiger partial charge >= 0.3 is 0 Å².